The normalized spacial score (nSPS) is 33.1. The monoisotopic (exact) mass is 412 g/mol. The summed E-state index contributed by atoms with van der Waals surface area (Å²) in [6, 6.07) is 0.112. The van der Waals surface area contributed by atoms with Crippen molar-refractivity contribution >= 4 is 29.4 Å². The van der Waals surface area contributed by atoms with E-state index in [2.05, 4.69) is 0 Å². The Morgan fingerprint density at radius 2 is 1.96 bits per heavy atom. The summed E-state index contributed by atoms with van der Waals surface area (Å²) in [5.41, 5.74) is 1.11. The van der Waals surface area contributed by atoms with E-state index in [4.69, 9.17) is 19.7 Å². The van der Waals surface area contributed by atoms with Crippen LogP contribution < -0.4 is 0 Å². The van der Waals surface area contributed by atoms with Gasteiger partial charge < -0.3 is 14.6 Å². The summed E-state index contributed by atoms with van der Waals surface area (Å²) in [5, 5.41) is 15.8. The van der Waals surface area contributed by atoms with Crippen LogP contribution >= 0.6 is 11.8 Å². The second-order valence-electron chi connectivity index (χ2n) is 7.96. The van der Waals surface area contributed by atoms with Gasteiger partial charge in [-0.3, -0.25) is 9.59 Å². The summed E-state index contributed by atoms with van der Waals surface area (Å²) in [7, 11) is 3.46. The molecule has 5 atom stereocenters. The van der Waals surface area contributed by atoms with Gasteiger partial charge in [-0.05, 0) is 44.3 Å². The molecule has 2 fully saturated rings. The van der Waals surface area contributed by atoms with E-state index in [1.165, 1.54) is 6.42 Å². The summed E-state index contributed by atoms with van der Waals surface area (Å²) in [6.07, 6.45) is 6.77. The molecule has 28 heavy (non-hydrogen) atoms. The quantitative estimate of drug-likeness (QED) is 0.659. The average molecular weight is 413 g/mol. The highest BCUT2D eigenvalue weighted by Crippen LogP contribution is 2.39. The lowest BCUT2D eigenvalue weighted by Gasteiger charge is -2.34. The summed E-state index contributed by atoms with van der Waals surface area (Å²) in [5.74, 6) is 0.564. The fraction of sp³-hybridized carbons (Fsp3) is 0.850. The number of hydrogen-bond donors (Lipinski definition) is 1. The van der Waals surface area contributed by atoms with E-state index in [-0.39, 0.29) is 37.0 Å². The fourth-order valence-corrected chi connectivity index (χ4v) is 6.07. The first-order chi connectivity index (χ1) is 13.5. The van der Waals surface area contributed by atoms with Crippen molar-refractivity contribution in [2.75, 3.05) is 20.0 Å². The highest BCUT2D eigenvalue weighted by atomic mass is 32.2. The smallest absolute Gasteiger partial charge is 0.303 e. The molecule has 8 heteroatoms. The predicted octanol–water partition coefficient (Wildman–Crippen LogP) is 2.92. The van der Waals surface area contributed by atoms with Crippen molar-refractivity contribution in [3.8, 4) is 0 Å². The Morgan fingerprint density at radius 1 is 1.18 bits per heavy atom. The molecule has 3 rings (SSSR count). The number of carboxylic acids is 1. The number of nitrogens with zero attached hydrogens (tertiary/aromatic N) is 2. The van der Waals surface area contributed by atoms with Gasteiger partial charge in [-0.15, -0.1) is 0 Å². The van der Waals surface area contributed by atoms with Crippen LogP contribution in [0.2, 0.25) is 0 Å². The number of rotatable bonds is 8. The Morgan fingerprint density at radius 3 is 2.61 bits per heavy atom. The summed E-state index contributed by atoms with van der Waals surface area (Å²) < 4.78 is 11.2. The van der Waals surface area contributed by atoms with Crippen LogP contribution in [0.1, 0.15) is 57.8 Å². The average Bonchev–Trinajstić information content (AvgIpc) is 3.36. The van der Waals surface area contributed by atoms with E-state index < -0.39 is 5.97 Å². The maximum atomic E-state index is 12.8. The van der Waals surface area contributed by atoms with Crippen LogP contribution in [-0.4, -0.2) is 71.2 Å². The van der Waals surface area contributed by atoms with Crippen LogP contribution in [0.3, 0.4) is 0 Å². The first-order valence-electron chi connectivity index (χ1n) is 10.3. The molecule has 0 radical (unpaired) electrons. The van der Waals surface area contributed by atoms with Crippen LogP contribution in [-0.2, 0) is 19.1 Å². The number of hydrogen-bond acceptors (Lipinski definition) is 6. The standard InChI is InChI=1S/C20H32N2O5S/c1-26-16-9-8-13(11-17(16)27-2)14-12-15(18-5-4-10-28-18)22(21-14)19(23)6-3-7-20(24)25/h13,15-18H,3-12H2,1-2H3,(H,24,25). The van der Waals surface area contributed by atoms with Crippen LogP contribution in [0.4, 0.5) is 0 Å². The first kappa shape index (κ1) is 21.6. The van der Waals surface area contributed by atoms with E-state index in [1.807, 2.05) is 11.8 Å². The zero-order valence-corrected chi connectivity index (χ0v) is 17.7. The molecule has 1 aliphatic carbocycles. The SMILES string of the molecule is COC1CCC(C2=NN(C(=O)CCCC(=O)O)C(C3CCCS3)C2)CC1OC. The highest BCUT2D eigenvalue weighted by Gasteiger charge is 2.42. The minimum Gasteiger partial charge on any atom is -0.481 e. The lowest BCUT2D eigenvalue weighted by atomic mass is 9.80. The van der Waals surface area contributed by atoms with Gasteiger partial charge in [0.15, 0.2) is 0 Å². The van der Waals surface area contributed by atoms with Gasteiger partial charge in [-0.1, -0.05) is 0 Å². The number of methoxy groups -OCH3 is 2. The van der Waals surface area contributed by atoms with E-state index >= 15 is 0 Å². The van der Waals surface area contributed by atoms with E-state index in [9.17, 15) is 9.59 Å². The molecular formula is C20H32N2O5S. The Balaban J connectivity index is 1.69. The van der Waals surface area contributed by atoms with Crippen molar-refractivity contribution in [3.05, 3.63) is 0 Å². The number of carbonyl (C=O) groups is 2. The maximum Gasteiger partial charge on any atom is 0.303 e. The number of hydrazone groups is 1. The van der Waals surface area contributed by atoms with Gasteiger partial charge in [0, 0.05) is 50.4 Å². The maximum absolute atomic E-state index is 12.8. The van der Waals surface area contributed by atoms with Gasteiger partial charge in [0.1, 0.15) is 0 Å². The Kier molecular flexibility index (Phi) is 7.77. The highest BCUT2D eigenvalue weighted by molar-refractivity contribution is 8.00. The summed E-state index contributed by atoms with van der Waals surface area (Å²) in [6.45, 7) is 0. The number of thioether (sulfide) groups is 1. The molecule has 0 aromatic carbocycles. The minimum atomic E-state index is -0.859. The molecule has 0 aromatic rings. The molecule has 0 bridgehead atoms. The molecule has 2 heterocycles. The van der Waals surface area contributed by atoms with Gasteiger partial charge in [0.25, 0.3) is 0 Å². The van der Waals surface area contributed by atoms with Gasteiger partial charge in [-0.25, -0.2) is 5.01 Å². The number of amides is 1. The minimum absolute atomic E-state index is 0.0234. The molecule has 1 saturated carbocycles. The third kappa shape index (κ3) is 5.07. The van der Waals surface area contributed by atoms with E-state index in [0.29, 0.717) is 17.6 Å². The number of carboxylic acid groups (broad SMARTS) is 1. The van der Waals surface area contributed by atoms with Gasteiger partial charge in [-0.2, -0.15) is 16.9 Å². The van der Waals surface area contributed by atoms with Crippen LogP contribution in [0.5, 0.6) is 0 Å². The Hall–Kier alpha value is -1.12. The van der Waals surface area contributed by atoms with Crippen molar-refractivity contribution in [2.45, 2.75) is 81.3 Å². The molecule has 1 amide bonds. The number of aliphatic carboxylic acids is 1. The molecule has 2 aliphatic heterocycles. The molecule has 1 N–H and O–H groups in total. The number of ether oxygens (including phenoxy) is 2. The molecule has 0 aromatic heterocycles. The molecule has 5 unspecified atom stereocenters. The molecule has 7 nitrogen and oxygen atoms in total. The molecule has 3 aliphatic rings. The van der Waals surface area contributed by atoms with Crippen molar-refractivity contribution < 1.29 is 24.2 Å². The predicted molar refractivity (Wildman–Crippen MR) is 109 cm³/mol. The third-order valence-corrected chi connectivity index (χ3v) is 7.71. The van der Waals surface area contributed by atoms with Crippen molar-refractivity contribution in [3.63, 3.8) is 0 Å². The topological polar surface area (TPSA) is 88.4 Å². The van der Waals surface area contributed by atoms with Crippen molar-refractivity contribution in [1.29, 1.82) is 0 Å². The summed E-state index contributed by atoms with van der Waals surface area (Å²) >= 11 is 1.94. The van der Waals surface area contributed by atoms with Crippen LogP contribution in [0, 0.1) is 5.92 Å². The van der Waals surface area contributed by atoms with Crippen molar-refractivity contribution in [1.82, 2.24) is 5.01 Å². The third-order valence-electron chi connectivity index (χ3n) is 6.21. The Labute approximate surface area is 171 Å². The van der Waals surface area contributed by atoms with Crippen molar-refractivity contribution in [2.24, 2.45) is 11.0 Å². The van der Waals surface area contributed by atoms with Gasteiger partial charge in [0.05, 0.1) is 18.2 Å². The first-order valence-corrected chi connectivity index (χ1v) is 11.4. The van der Waals surface area contributed by atoms with Crippen LogP contribution in [0.25, 0.3) is 0 Å². The second kappa shape index (κ2) is 10.1. The van der Waals surface area contributed by atoms with Gasteiger partial charge in [0.2, 0.25) is 5.91 Å². The molecular weight excluding hydrogens is 380 g/mol. The lowest BCUT2D eigenvalue weighted by Crippen LogP contribution is -2.40. The van der Waals surface area contributed by atoms with Gasteiger partial charge >= 0.3 is 5.97 Å². The lowest BCUT2D eigenvalue weighted by molar-refractivity contribution is -0.137. The fourth-order valence-electron chi connectivity index (χ4n) is 4.67. The Bertz CT molecular complexity index is 593. The molecule has 158 valence electrons. The summed E-state index contributed by atoms with van der Waals surface area (Å²) in [4.78, 5) is 23.6. The van der Waals surface area contributed by atoms with Crippen LogP contribution in [0.15, 0.2) is 5.10 Å². The van der Waals surface area contributed by atoms with E-state index in [1.54, 1.807) is 19.2 Å². The zero-order valence-electron chi connectivity index (χ0n) is 16.8. The number of carbonyl (C=O) groups excluding carboxylic acids is 1. The molecule has 0 spiro atoms. The largest absolute Gasteiger partial charge is 0.481 e. The second-order valence-corrected chi connectivity index (χ2v) is 9.31. The zero-order chi connectivity index (χ0) is 20.1. The molecule has 1 saturated heterocycles. The van der Waals surface area contributed by atoms with E-state index in [0.717, 1.165) is 43.6 Å².